The Kier molecular flexibility index (Phi) is 3.88. The van der Waals surface area contributed by atoms with Crippen LogP contribution in [0.5, 0.6) is 0 Å². The molecular formula is C15H19N3O2. The molecule has 2 N–H and O–H groups in total. The van der Waals surface area contributed by atoms with E-state index in [9.17, 15) is 9.59 Å². The van der Waals surface area contributed by atoms with Gasteiger partial charge in [0.25, 0.3) is 5.56 Å². The number of nitrogens with zero attached hydrogens (tertiary/aromatic N) is 1. The molecule has 1 aromatic heterocycles. The number of hydrogen-bond acceptors (Lipinski definition) is 3. The monoisotopic (exact) mass is 273 g/mol. The third-order valence-corrected chi connectivity index (χ3v) is 2.77. The second-order valence-corrected chi connectivity index (χ2v) is 5.83. The van der Waals surface area contributed by atoms with E-state index in [1.165, 1.54) is 0 Å². The number of rotatable bonds is 3. The molecule has 0 saturated carbocycles. The van der Waals surface area contributed by atoms with Gasteiger partial charge in [-0.2, -0.15) is 0 Å². The van der Waals surface area contributed by atoms with Crippen LogP contribution in [0.25, 0.3) is 11.0 Å². The summed E-state index contributed by atoms with van der Waals surface area (Å²) < 4.78 is 0. The molecule has 2 rings (SSSR count). The summed E-state index contributed by atoms with van der Waals surface area (Å²) in [5.74, 6) is -0.0770. The third kappa shape index (κ3) is 3.66. The van der Waals surface area contributed by atoms with E-state index in [1.807, 2.05) is 39.0 Å². The number of fused-ring (bicyclic) bond motifs is 1. The van der Waals surface area contributed by atoms with Crippen molar-refractivity contribution in [3.05, 3.63) is 40.3 Å². The lowest BCUT2D eigenvalue weighted by Gasteiger charge is -2.20. The van der Waals surface area contributed by atoms with Gasteiger partial charge in [0.15, 0.2) is 0 Å². The molecule has 5 heteroatoms. The number of hydrogen-bond donors (Lipinski definition) is 2. The Bertz CT molecular complexity index is 683. The van der Waals surface area contributed by atoms with E-state index < -0.39 is 0 Å². The Labute approximate surface area is 117 Å². The summed E-state index contributed by atoms with van der Waals surface area (Å²) in [5.41, 5.74) is 1.35. The molecule has 0 aliphatic carbocycles. The average molecular weight is 273 g/mol. The summed E-state index contributed by atoms with van der Waals surface area (Å²) >= 11 is 0. The fourth-order valence-corrected chi connectivity index (χ4v) is 1.95. The number of carbonyl (C=O) groups excluding carboxylic acids is 1. The first-order valence-corrected chi connectivity index (χ1v) is 6.64. The van der Waals surface area contributed by atoms with Crippen LogP contribution in [-0.4, -0.2) is 21.4 Å². The molecule has 20 heavy (non-hydrogen) atoms. The Balaban J connectivity index is 2.12. The number of para-hydroxylation sites is 2. The molecule has 0 spiro atoms. The van der Waals surface area contributed by atoms with E-state index in [4.69, 9.17) is 0 Å². The van der Waals surface area contributed by atoms with Crippen molar-refractivity contribution in [2.75, 3.05) is 0 Å². The molecule has 1 heterocycles. The van der Waals surface area contributed by atoms with E-state index in [1.54, 1.807) is 6.07 Å². The van der Waals surface area contributed by atoms with Crippen LogP contribution in [0.15, 0.2) is 29.1 Å². The van der Waals surface area contributed by atoms with Gasteiger partial charge in [-0.1, -0.05) is 12.1 Å². The van der Waals surface area contributed by atoms with E-state index in [-0.39, 0.29) is 23.4 Å². The molecule has 106 valence electrons. The fourth-order valence-electron chi connectivity index (χ4n) is 1.95. The predicted octanol–water partition coefficient (Wildman–Crippen LogP) is 1.77. The topological polar surface area (TPSA) is 74.8 Å². The summed E-state index contributed by atoms with van der Waals surface area (Å²) in [7, 11) is 0. The number of H-pyrrole nitrogens is 1. The molecule has 2 aromatic rings. The maximum Gasteiger partial charge on any atom is 0.270 e. The molecule has 0 saturated heterocycles. The summed E-state index contributed by atoms with van der Waals surface area (Å²) in [6.07, 6.45) is 0.591. The smallest absolute Gasteiger partial charge is 0.270 e. The highest BCUT2D eigenvalue weighted by atomic mass is 16.1. The van der Waals surface area contributed by atoms with Crippen LogP contribution in [-0.2, 0) is 11.2 Å². The first kappa shape index (κ1) is 14.2. The largest absolute Gasteiger partial charge is 0.351 e. The molecule has 1 amide bonds. The highest BCUT2D eigenvalue weighted by Crippen LogP contribution is 2.07. The Morgan fingerprint density at radius 3 is 2.70 bits per heavy atom. The average Bonchev–Trinajstić information content (AvgIpc) is 2.34. The molecule has 0 unspecified atom stereocenters. The zero-order valence-corrected chi connectivity index (χ0v) is 12.0. The van der Waals surface area contributed by atoms with Gasteiger partial charge in [-0.05, 0) is 32.9 Å². The minimum atomic E-state index is -0.264. The van der Waals surface area contributed by atoms with Crippen LogP contribution in [0.3, 0.4) is 0 Å². The van der Waals surface area contributed by atoms with Gasteiger partial charge in [0.05, 0.1) is 11.0 Å². The third-order valence-electron chi connectivity index (χ3n) is 2.77. The van der Waals surface area contributed by atoms with Crippen LogP contribution in [0.4, 0.5) is 0 Å². The summed E-state index contributed by atoms with van der Waals surface area (Å²) in [6.45, 7) is 5.77. The van der Waals surface area contributed by atoms with Gasteiger partial charge in [-0.25, -0.2) is 4.98 Å². The zero-order valence-electron chi connectivity index (χ0n) is 12.0. The number of benzene rings is 1. The van der Waals surface area contributed by atoms with Gasteiger partial charge in [0.1, 0.15) is 5.69 Å². The first-order chi connectivity index (χ1) is 9.35. The van der Waals surface area contributed by atoms with Crippen molar-refractivity contribution in [1.82, 2.24) is 15.3 Å². The normalized spacial score (nSPS) is 11.6. The van der Waals surface area contributed by atoms with Crippen molar-refractivity contribution in [1.29, 1.82) is 0 Å². The second-order valence-electron chi connectivity index (χ2n) is 5.83. The lowest BCUT2D eigenvalue weighted by atomic mass is 10.1. The lowest BCUT2D eigenvalue weighted by molar-refractivity contribution is -0.122. The Morgan fingerprint density at radius 2 is 2.00 bits per heavy atom. The Morgan fingerprint density at radius 1 is 1.30 bits per heavy atom. The second kappa shape index (κ2) is 5.45. The number of aromatic nitrogens is 2. The van der Waals surface area contributed by atoms with Gasteiger partial charge in [-0.15, -0.1) is 0 Å². The molecular weight excluding hydrogens is 254 g/mol. The SMILES string of the molecule is CC(C)(C)NC(=O)CCc1nc2ccccc2[nH]c1=O. The van der Waals surface area contributed by atoms with Crippen molar-refractivity contribution in [3.63, 3.8) is 0 Å². The van der Waals surface area contributed by atoms with Crippen LogP contribution < -0.4 is 10.9 Å². The first-order valence-electron chi connectivity index (χ1n) is 6.64. The molecule has 1 aromatic carbocycles. The van der Waals surface area contributed by atoms with Crippen LogP contribution >= 0.6 is 0 Å². The zero-order chi connectivity index (χ0) is 14.8. The summed E-state index contributed by atoms with van der Waals surface area (Å²) in [5, 5.41) is 2.87. The van der Waals surface area contributed by atoms with E-state index in [2.05, 4.69) is 15.3 Å². The highest BCUT2D eigenvalue weighted by molar-refractivity contribution is 5.77. The number of amides is 1. The molecule has 0 radical (unpaired) electrons. The summed E-state index contributed by atoms with van der Waals surface area (Å²) in [4.78, 5) is 30.7. The number of nitrogens with one attached hydrogen (secondary N) is 2. The lowest BCUT2D eigenvalue weighted by Crippen LogP contribution is -2.40. The quantitative estimate of drug-likeness (QED) is 0.895. The van der Waals surface area contributed by atoms with Gasteiger partial charge in [0.2, 0.25) is 5.91 Å². The number of carbonyl (C=O) groups is 1. The standard InChI is InChI=1S/C15H19N3O2/c1-15(2,3)18-13(19)9-8-12-14(20)17-11-7-5-4-6-10(11)16-12/h4-7H,8-9H2,1-3H3,(H,17,20)(H,18,19). The number of aryl methyl sites for hydroxylation is 1. The van der Waals surface area contributed by atoms with Gasteiger partial charge < -0.3 is 10.3 Å². The maximum absolute atomic E-state index is 11.9. The molecule has 5 nitrogen and oxygen atoms in total. The van der Waals surface area contributed by atoms with Crippen molar-refractivity contribution < 1.29 is 4.79 Å². The summed E-state index contributed by atoms with van der Waals surface area (Å²) in [6, 6.07) is 7.35. The van der Waals surface area contributed by atoms with Gasteiger partial charge >= 0.3 is 0 Å². The van der Waals surface area contributed by atoms with Crippen molar-refractivity contribution in [2.45, 2.75) is 39.2 Å². The molecule has 0 bridgehead atoms. The van der Waals surface area contributed by atoms with Crippen LogP contribution in [0.1, 0.15) is 32.9 Å². The predicted molar refractivity (Wildman–Crippen MR) is 78.6 cm³/mol. The van der Waals surface area contributed by atoms with Crippen molar-refractivity contribution >= 4 is 16.9 Å². The maximum atomic E-state index is 11.9. The van der Waals surface area contributed by atoms with E-state index in [0.717, 1.165) is 5.52 Å². The van der Waals surface area contributed by atoms with Crippen molar-refractivity contribution in [3.8, 4) is 0 Å². The van der Waals surface area contributed by atoms with Crippen LogP contribution in [0.2, 0.25) is 0 Å². The van der Waals surface area contributed by atoms with Gasteiger partial charge in [0, 0.05) is 18.4 Å². The van der Waals surface area contributed by atoms with Crippen molar-refractivity contribution in [2.24, 2.45) is 0 Å². The molecule has 0 aliphatic rings. The number of aromatic amines is 1. The minimum absolute atomic E-state index is 0.0770. The fraction of sp³-hybridized carbons (Fsp3) is 0.400. The molecule has 0 aliphatic heterocycles. The minimum Gasteiger partial charge on any atom is -0.351 e. The van der Waals surface area contributed by atoms with Gasteiger partial charge in [-0.3, -0.25) is 9.59 Å². The molecule has 0 fully saturated rings. The highest BCUT2D eigenvalue weighted by Gasteiger charge is 2.14. The Hall–Kier alpha value is -2.17. The molecule has 0 atom stereocenters. The van der Waals surface area contributed by atoms with E-state index in [0.29, 0.717) is 17.6 Å². The van der Waals surface area contributed by atoms with E-state index >= 15 is 0 Å². The van der Waals surface area contributed by atoms with Crippen LogP contribution in [0, 0.1) is 0 Å².